The monoisotopic (exact) mass is 298 g/mol. The average Bonchev–Trinajstić information content (AvgIpc) is 2.92. The van der Waals surface area contributed by atoms with E-state index in [0.717, 1.165) is 6.20 Å². The van der Waals surface area contributed by atoms with Crippen LogP contribution in [0, 0.1) is 5.41 Å². The maximum Gasteiger partial charge on any atom is 0.280 e. The quantitative estimate of drug-likeness (QED) is 0.744. The lowest BCUT2D eigenvalue weighted by molar-refractivity contribution is -0.113. The van der Waals surface area contributed by atoms with Gasteiger partial charge in [-0.05, 0) is 5.56 Å². The van der Waals surface area contributed by atoms with Gasteiger partial charge in [0.15, 0.2) is 0 Å². The first kappa shape index (κ1) is 14.1. The average molecular weight is 298 g/mol. The molecule has 0 saturated carbocycles. The summed E-state index contributed by atoms with van der Waals surface area (Å²) in [5.41, 5.74) is -1.61. The minimum atomic E-state index is -3.10. The molecule has 1 aromatic heterocycles. The molecule has 3 rings (SSSR count). The van der Waals surface area contributed by atoms with Crippen LogP contribution in [0.2, 0.25) is 0 Å². The van der Waals surface area contributed by atoms with E-state index in [1.165, 1.54) is 36.9 Å². The highest BCUT2D eigenvalue weighted by Crippen LogP contribution is 2.61. The minimum absolute atomic E-state index is 0.103. The fourth-order valence-electron chi connectivity index (χ4n) is 3.13. The van der Waals surface area contributed by atoms with E-state index in [-0.39, 0.29) is 11.3 Å². The number of fused-ring (bicyclic) bond motifs is 1. The van der Waals surface area contributed by atoms with Crippen LogP contribution in [-0.2, 0) is 5.92 Å². The lowest BCUT2D eigenvalue weighted by Gasteiger charge is -2.34. The Balaban J connectivity index is 2.25. The molecule has 21 heavy (non-hydrogen) atoms. The number of nitrogens with zero attached hydrogens (tertiary/aromatic N) is 2. The maximum absolute atomic E-state index is 14.7. The highest BCUT2D eigenvalue weighted by molar-refractivity contribution is 5.43. The van der Waals surface area contributed by atoms with Crippen LogP contribution in [0.3, 0.4) is 0 Å². The Morgan fingerprint density at radius 3 is 2.52 bits per heavy atom. The predicted octanol–water partition coefficient (Wildman–Crippen LogP) is 4.54. The zero-order valence-corrected chi connectivity index (χ0v) is 11.5. The van der Waals surface area contributed by atoms with Gasteiger partial charge < -0.3 is 4.57 Å². The molecule has 112 valence electrons. The summed E-state index contributed by atoms with van der Waals surface area (Å²) in [5.74, 6) is -3.10. The first-order valence-corrected chi connectivity index (χ1v) is 6.55. The summed E-state index contributed by atoms with van der Waals surface area (Å²) >= 11 is 0. The second kappa shape index (κ2) is 4.32. The molecule has 0 bridgehead atoms. The van der Waals surface area contributed by atoms with Crippen LogP contribution >= 0.6 is 0 Å². The third-order valence-corrected chi connectivity index (χ3v) is 4.28. The SMILES string of the molecule is CC1(C)C(n2cncc2C(F)F)c2ccccc2C1(F)F. The van der Waals surface area contributed by atoms with Gasteiger partial charge in [0, 0.05) is 5.56 Å². The van der Waals surface area contributed by atoms with Gasteiger partial charge in [-0.1, -0.05) is 38.1 Å². The van der Waals surface area contributed by atoms with Crippen molar-refractivity contribution in [1.29, 1.82) is 0 Å². The van der Waals surface area contributed by atoms with E-state index in [0.29, 0.717) is 5.56 Å². The van der Waals surface area contributed by atoms with Crippen LogP contribution < -0.4 is 0 Å². The highest BCUT2D eigenvalue weighted by Gasteiger charge is 2.61. The Morgan fingerprint density at radius 1 is 1.19 bits per heavy atom. The van der Waals surface area contributed by atoms with E-state index in [1.807, 2.05) is 0 Å². The molecule has 0 N–H and O–H groups in total. The zero-order chi connectivity index (χ0) is 15.4. The molecule has 0 amide bonds. The van der Waals surface area contributed by atoms with E-state index < -0.39 is 23.8 Å². The summed E-state index contributed by atoms with van der Waals surface area (Å²) in [4.78, 5) is 3.71. The molecular weight excluding hydrogens is 284 g/mol. The number of benzene rings is 1. The Morgan fingerprint density at radius 2 is 1.86 bits per heavy atom. The number of hydrogen-bond acceptors (Lipinski definition) is 1. The van der Waals surface area contributed by atoms with E-state index in [1.54, 1.807) is 12.1 Å². The van der Waals surface area contributed by atoms with Gasteiger partial charge in [-0.3, -0.25) is 0 Å². The fourth-order valence-corrected chi connectivity index (χ4v) is 3.13. The lowest BCUT2D eigenvalue weighted by Crippen LogP contribution is -2.35. The molecule has 0 spiro atoms. The van der Waals surface area contributed by atoms with E-state index in [2.05, 4.69) is 4.98 Å². The number of alkyl halides is 4. The van der Waals surface area contributed by atoms with Crippen LogP contribution in [-0.4, -0.2) is 9.55 Å². The predicted molar refractivity (Wildman–Crippen MR) is 69.4 cm³/mol. The normalized spacial score (nSPS) is 22.5. The number of imidazole rings is 1. The van der Waals surface area contributed by atoms with Gasteiger partial charge in [-0.25, -0.2) is 22.5 Å². The number of halogens is 4. The van der Waals surface area contributed by atoms with Crippen molar-refractivity contribution in [3.05, 3.63) is 53.6 Å². The number of aromatic nitrogens is 2. The zero-order valence-electron chi connectivity index (χ0n) is 11.5. The summed E-state index contributed by atoms with van der Waals surface area (Å²) in [6.07, 6.45) is -0.531. The van der Waals surface area contributed by atoms with Gasteiger partial charge in [0.25, 0.3) is 12.3 Å². The van der Waals surface area contributed by atoms with Gasteiger partial charge in [0.2, 0.25) is 0 Å². The third kappa shape index (κ3) is 1.74. The van der Waals surface area contributed by atoms with E-state index in [9.17, 15) is 17.6 Å². The summed E-state index contributed by atoms with van der Waals surface area (Å²) in [6, 6.07) is 5.22. The minimum Gasteiger partial charge on any atom is -0.321 e. The van der Waals surface area contributed by atoms with E-state index in [4.69, 9.17) is 0 Å². The molecule has 1 aliphatic carbocycles. The van der Waals surface area contributed by atoms with Crippen molar-refractivity contribution in [3.8, 4) is 0 Å². The molecule has 1 aromatic carbocycles. The Labute approximate surface area is 119 Å². The third-order valence-electron chi connectivity index (χ3n) is 4.28. The number of rotatable bonds is 2. The smallest absolute Gasteiger partial charge is 0.280 e. The summed E-state index contributed by atoms with van der Waals surface area (Å²) in [7, 11) is 0. The topological polar surface area (TPSA) is 17.8 Å². The lowest BCUT2D eigenvalue weighted by atomic mass is 9.82. The second-order valence-electron chi connectivity index (χ2n) is 5.81. The first-order chi connectivity index (χ1) is 9.78. The van der Waals surface area contributed by atoms with Crippen LogP contribution in [0.25, 0.3) is 0 Å². The van der Waals surface area contributed by atoms with Gasteiger partial charge in [-0.2, -0.15) is 0 Å². The molecular formula is C15H14F4N2. The molecule has 6 heteroatoms. The fraction of sp³-hybridized carbons (Fsp3) is 0.400. The van der Waals surface area contributed by atoms with Gasteiger partial charge >= 0.3 is 0 Å². The standard InChI is InChI=1S/C15H14F4N2/c1-14(2)12(21-8-20-7-11(21)13(16)17)9-5-3-4-6-10(9)15(14,18)19/h3-8,12-13H,1-2H3. The Kier molecular flexibility index (Phi) is 2.90. The molecule has 2 nitrogen and oxygen atoms in total. The molecule has 1 heterocycles. The van der Waals surface area contributed by atoms with Crippen molar-refractivity contribution in [2.45, 2.75) is 32.2 Å². The maximum atomic E-state index is 14.7. The highest BCUT2D eigenvalue weighted by atomic mass is 19.3. The largest absolute Gasteiger partial charge is 0.321 e. The van der Waals surface area contributed by atoms with Crippen LogP contribution in [0.1, 0.15) is 43.1 Å². The van der Waals surface area contributed by atoms with Crippen molar-refractivity contribution >= 4 is 0 Å². The Hall–Kier alpha value is -1.85. The van der Waals surface area contributed by atoms with Crippen molar-refractivity contribution in [1.82, 2.24) is 9.55 Å². The van der Waals surface area contributed by atoms with E-state index >= 15 is 0 Å². The summed E-state index contributed by atoms with van der Waals surface area (Å²) < 4.78 is 56.7. The van der Waals surface area contributed by atoms with Crippen LogP contribution in [0.15, 0.2) is 36.8 Å². The van der Waals surface area contributed by atoms with Gasteiger partial charge in [0.05, 0.1) is 24.0 Å². The summed E-state index contributed by atoms with van der Waals surface area (Å²) in [6.45, 7) is 2.79. The van der Waals surface area contributed by atoms with Crippen molar-refractivity contribution in [2.24, 2.45) is 5.41 Å². The van der Waals surface area contributed by atoms with Gasteiger partial charge in [0.1, 0.15) is 5.69 Å². The van der Waals surface area contributed by atoms with Gasteiger partial charge in [-0.15, -0.1) is 0 Å². The van der Waals surface area contributed by atoms with Crippen molar-refractivity contribution in [2.75, 3.05) is 0 Å². The molecule has 1 aliphatic rings. The molecule has 1 unspecified atom stereocenters. The molecule has 0 fully saturated rings. The second-order valence-corrected chi connectivity index (χ2v) is 5.81. The molecule has 0 saturated heterocycles. The molecule has 2 aromatic rings. The van der Waals surface area contributed by atoms with Crippen LogP contribution in [0.4, 0.5) is 17.6 Å². The number of hydrogen-bond donors (Lipinski definition) is 0. The first-order valence-electron chi connectivity index (χ1n) is 6.55. The van der Waals surface area contributed by atoms with Crippen LogP contribution in [0.5, 0.6) is 0 Å². The van der Waals surface area contributed by atoms with Crippen molar-refractivity contribution in [3.63, 3.8) is 0 Å². The molecule has 0 radical (unpaired) electrons. The Bertz CT molecular complexity index is 676. The van der Waals surface area contributed by atoms with Crippen molar-refractivity contribution < 1.29 is 17.6 Å². The summed E-state index contributed by atoms with van der Waals surface area (Å²) in [5, 5.41) is 0. The molecule has 1 atom stereocenters. The molecule has 0 aliphatic heterocycles.